The lowest BCUT2D eigenvalue weighted by atomic mass is 9.96. The van der Waals surface area contributed by atoms with E-state index in [0.717, 1.165) is 10.6 Å². The fourth-order valence-electron chi connectivity index (χ4n) is 3.40. The van der Waals surface area contributed by atoms with Crippen molar-refractivity contribution in [2.45, 2.75) is 58.7 Å². The molecule has 0 aliphatic heterocycles. The van der Waals surface area contributed by atoms with Crippen molar-refractivity contribution in [2.24, 2.45) is 5.92 Å². The number of hydrogen-bond donors (Lipinski definition) is 2. The van der Waals surface area contributed by atoms with E-state index < -0.39 is 28.0 Å². The van der Waals surface area contributed by atoms with Crippen LogP contribution >= 0.6 is 0 Å². The zero-order chi connectivity index (χ0) is 24.9. The number of aromatic nitrogens is 2. The van der Waals surface area contributed by atoms with Gasteiger partial charge in [0.2, 0.25) is 16.0 Å². The van der Waals surface area contributed by atoms with Crippen LogP contribution in [-0.4, -0.2) is 54.1 Å². The molecule has 0 amide bonds. The van der Waals surface area contributed by atoms with E-state index in [2.05, 4.69) is 9.97 Å². The minimum Gasteiger partial charge on any atom is -0.393 e. The second-order valence-corrected chi connectivity index (χ2v) is 11.0. The Labute approximate surface area is 196 Å². The molecule has 2 unspecified atom stereocenters. The first-order valence-corrected chi connectivity index (χ1v) is 12.8. The Balaban J connectivity index is 2.60. The van der Waals surface area contributed by atoms with Crippen molar-refractivity contribution < 1.29 is 23.0 Å². The molecule has 9 heteroatoms. The topological polar surface area (TPSA) is 104 Å². The number of sulfonamides is 1. The largest absolute Gasteiger partial charge is 0.393 e. The summed E-state index contributed by atoms with van der Waals surface area (Å²) in [5, 5.41) is 20.6. The molecular formula is C24H34FN3O4S. The molecule has 0 bridgehead atoms. The first-order chi connectivity index (χ1) is 15.3. The molecule has 2 N–H and O–H groups in total. The number of anilines is 1. The molecule has 0 aliphatic carbocycles. The average molecular weight is 480 g/mol. The van der Waals surface area contributed by atoms with Crippen molar-refractivity contribution in [2.75, 3.05) is 17.6 Å². The zero-order valence-corrected chi connectivity index (χ0v) is 20.8. The van der Waals surface area contributed by atoms with E-state index in [4.69, 9.17) is 0 Å². The van der Waals surface area contributed by atoms with Crippen LogP contribution in [0.25, 0.3) is 17.3 Å². The van der Waals surface area contributed by atoms with E-state index in [0.29, 0.717) is 34.9 Å². The van der Waals surface area contributed by atoms with Crippen LogP contribution in [-0.2, 0) is 10.0 Å². The molecule has 0 saturated carbocycles. The summed E-state index contributed by atoms with van der Waals surface area (Å²) in [7, 11) is -2.23. The van der Waals surface area contributed by atoms with E-state index >= 15 is 0 Å². The van der Waals surface area contributed by atoms with E-state index in [1.54, 1.807) is 24.3 Å². The maximum absolute atomic E-state index is 13.5. The Kier molecular flexibility index (Phi) is 9.11. The van der Waals surface area contributed by atoms with Gasteiger partial charge in [0.05, 0.1) is 29.9 Å². The Bertz CT molecular complexity index is 1070. The van der Waals surface area contributed by atoms with E-state index in [-0.39, 0.29) is 18.3 Å². The summed E-state index contributed by atoms with van der Waals surface area (Å²) in [4.78, 5) is 8.99. The second kappa shape index (κ2) is 11.2. The van der Waals surface area contributed by atoms with Gasteiger partial charge in [0.1, 0.15) is 5.82 Å². The third-order valence-electron chi connectivity index (χ3n) is 5.15. The lowest BCUT2D eigenvalue weighted by Crippen LogP contribution is -2.27. The quantitative estimate of drug-likeness (QED) is 0.534. The molecule has 1 heterocycles. The molecule has 1 aromatic carbocycles. The highest BCUT2D eigenvalue weighted by Gasteiger charge is 2.22. The van der Waals surface area contributed by atoms with E-state index in [9.17, 15) is 23.0 Å². The fourth-order valence-corrected chi connectivity index (χ4v) is 3.78. The van der Waals surface area contributed by atoms with Gasteiger partial charge in [-0.1, -0.05) is 39.8 Å². The van der Waals surface area contributed by atoms with Gasteiger partial charge in [-0.25, -0.2) is 27.1 Å². The lowest BCUT2D eigenvalue weighted by molar-refractivity contribution is 0.0889. The smallest absolute Gasteiger partial charge is 0.239 e. The predicted octanol–water partition coefficient (Wildman–Crippen LogP) is 3.97. The molecule has 2 atom stereocenters. The van der Waals surface area contributed by atoms with Gasteiger partial charge in [-0.3, -0.25) is 0 Å². The highest BCUT2D eigenvalue weighted by Crippen LogP contribution is 2.31. The first-order valence-electron chi connectivity index (χ1n) is 11.0. The minimum absolute atomic E-state index is 0.00517. The summed E-state index contributed by atoms with van der Waals surface area (Å²) in [6, 6.07) is 5.73. The maximum Gasteiger partial charge on any atom is 0.239 e. The van der Waals surface area contributed by atoms with Crippen LogP contribution in [0, 0.1) is 11.7 Å². The molecule has 2 aromatic rings. The van der Waals surface area contributed by atoms with Gasteiger partial charge in [-0.15, -0.1) is 0 Å². The van der Waals surface area contributed by atoms with Gasteiger partial charge in [-0.05, 0) is 42.5 Å². The number of nitrogens with zero attached hydrogens (tertiary/aromatic N) is 3. The van der Waals surface area contributed by atoms with Crippen LogP contribution in [0.15, 0.2) is 30.3 Å². The van der Waals surface area contributed by atoms with Crippen molar-refractivity contribution in [1.82, 2.24) is 9.97 Å². The van der Waals surface area contributed by atoms with Crippen LogP contribution < -0.4 is 4.31 Å². The van der Waals surface area contributed by atoms with Crippen LogP contribution in [0.3, 0.4) is 0 Å². The van der Waals surface area contributed by atoms with Crippen molar-refractivity contribution in [3.63, 3.8) is 0 Å². The molecule has 1 aromatic heterocycles. The van der Waals surface area contributed by atoms with Crippen LogP contribution in [0.2, 0.25) is 0 Å². The SMILES string of the molecule is CC(C)CC(O)CC(O)/C=C/c1c(-c2ccc(F)cc2)nc(N(C)S(C)(=O)=O)nc1C(C)C. The summed E-state index contributed by atoms with van der Waals surface area (Å²) in [6.45, 7) is 7.84. The normalized spacial score (nSPS) is 14.3. The first kappa shape index (κ1) is 26.9. The molecule has 0 saturated heterocycles. The van der Waals surface area contributed by atoms with Crippen molar-refractivity contribution in [3.05, 3.63) is 47.4 Å². The summed E-state index contributed by atoms with van der Waals surface area (Å²) in [5.41, 5.74) is 2.18. The van der Waals surface area contributed by atoms with Gasteiger partial charge in [0.25, 0.3) is 0 Å². The number of aliphatic hydroxyl groups excluding tert-OH is 2. The van der Waals surface area contributed by atoms with Gasteiger partial charge < -0.3 is 10.2 Å². The van der Waals surface area contributed by atoms with Crippen molar-refractivity contribution in [3.8, 4) is 11.3 Å². The Hall–Kier alpha value is -2.36. The summed E-state index contributed by atoms with van der Waals surface area (Å²) >= 11 is 0. The minimum atomic E-state index is -3.60. The van der Waals surface area contributed by atoms with E-state index in [1.807, 2.05) is 27.7 Å². The van der Waals surface area contributed by atoms with Gasteiger partial charge in [0, 0.05) is 24.6 Å². The van der Waals surface area contributed by atoms with Gasteiger partial charge in [-0.2, -0.15) is 0 Å². The molecule has 0 aliphatic rings. The third kappa shape index (κ3) is 7.58. The molecule has 182 valence electrons. The number of benzene rings is 1. The van der Waals surface area contributed by atoms with Crippen LogP contribution in [0.5, 0.6) is 0 Å². The maximum atomic E-state index is 13.5. The third-order valence-corrected chi connectivity index (χ3v) is 6.31. The highest BCUT2D eigenvalue weighted by atomic mass is 32.2. The van der Waals surface area contributed by atoms with Crippen LogP contribution in [0.1, 0.15) is 57.7 Å². The number of aliphatic hydroxyl groups is 2. The molecule has 0 radical (unpaired) electrons. The molecule has 0 spiro atoms. The Morgan fingerprint density at radius 2 is 1.67 bits per heavy atom. The molecule has 33 heavy (non-hydrogen) atoms. The van der Waals surface area contributed by atoms with Crippen LogP contribution in [0.4, 0.5) is 10.3 Å². The zero-order valence-electron chi connectivity index (χ0n) is 20.0. The van der Waals surface area contributed by atoms with E-state index in [1.165, 1.54) is 19.2 Å². The lowest BCUT2D eigenvalue weighted by Gasteiger charge is -2.20. The fraction of sp³-hybridized carbons (Fsp3) is 0.500. The standard InChI is InChI=1S/C24H34FN3O4S/c1-15(2)13-20(30)14-19(29)11-12-21-22(16(3)4)26-24(28(5)33(6,31)32)27-23(21)17-7-9-18(25)10-8-17/h7-12,15-16,19-20,29-30H,13-14H2,1-6H3/b12-11+. The van der Waals surface area contributed by atoms with Crippen molar-refractivity contribution in [1.29, 1.82) is 0 Å². The average Bonchev–Trinajstić information content (AvgIpc) is 2.70. The molecular weight excluding hydrogens is 445 g/mol. The predicted molar refractivity (Wildman–Crippen MR) is 130 cm³/mol. The summed E-state index contributed by atoms with van der Waals surface area (Å²) in [6.07, 6.45) is 3.57. The number of halogens is 1. The summed E-state index contributed by atoms with van der Waals surface area (Å²) in [5.74, 6) is -0.189. The number of rotatable bonds is 10. The Morgan fingerprint density at radius 1 is 1.06 bits per heavy atom. The molecule has 2 rings (SSSR count). The van der Waals surface area contributed by atoms with Crippen molar-refractivity contribution >= 4 is 22.0 Å². The second-order valence-electron chi connectivity index (χ2n) is 9.01. The summed E-state index contributed by atoms with van der Waals surface area (Å²) < 4.78 is 38.8. The Morgan fingerprint density at radius 3 is 2.18 bits per heavy atom. The number of hydrogen-bond acceptors (Lipinski definition) is 6. The molecule has 0 fully saturated rings. The highest BCUT2D eigenvalue weighted by molar-refractivity contribution is 7.92. The molecule has 7 nitrogen and oxygen atoms in total. The van der Waals surface area contributed by atoms with Gasteiger partial charge in [0.15, 0.2) is 0 Å². The van der Waals surface area contributed by atoms with Gasteiger partial charge >= 0.3 is 0 Å². The monoisotopic (exact) mass is 479 g/mol.